The number of aryl methyl sites for hydroxylation is 1. The number of ether oxygens (including phenoxy) is 1. The number of rotatable bonds is 6. The normalized spacial score (nSPS) is 10.8. The summed E-state index contributed by atoms with van der Waals surface area (Å²) < 4.78 is 5.27. The Morgan fingerprint density at radius 2 is 2.00 bits per heavy atom. The van der Waals surface area contributed by atoms with Crippen molar-refractivity contribution in [3.8, 4) is 5.75 Å². The van der Waals surface area contributed by atoms with Crippen molar-refractivity contribution in [2.75, 3.05) is 13.4 Å². The first-order valence-corrected chi connectivity index (χ1v) is 8.38. The summed E-state index contributed by atoms with van der Waals surface area (Å²) in [5.74, 6) is 0.455. The largest absolute Gasteiger partial charge is 0.496 e. The predicted octanol–water partition coefficient (Wildman–Crippen LogP) is 4.53. The molecule has 2 aromatic rings. The van der Waals surface area contributed by atoms with Crippen LogP contribution >= 0.6 is 11.8 Å². The van der Waals surface area contributed by atoms with Crippen LogP contribution in [0.15, 0.2) is 47.4 Å². The molecule has 0 aliphatic rings. The van der Waals surface area contributed by atoms with Crippen LogP contribution in [0.4, 0.5) is 5.69 Å². The molecule has 0 amide bonds. The summed E-state index contributed by atoms with van der Waals surface area (Å²) in [6, 6.07) is 10.1. The fourth-order valence-electron chi connectivity index (χ4n) is 2.18. The zero-order chi connectivity index (χ0) is 17.7. The monoisotopic (exact) mass is 343 g/mol. The van der Waals surface area contributed by atoms with Crippen LogP contribution in [-0.2, 0) is 0 Å². The van der Waals surface area contributed by atoms with Crippen LogP contribution in [0.3, 0.4) is 0 Å². The van der Waals surface area contributed by atoms with Crippen LogP contribution in [0.25, 0.3) is 6.08 Å². The number of benzene rings is 2. The Balaban J connectivity index is 2.25. The molecular weight excluding hydrogens is 326 g/mol. The zero-order valence-electron chi connectivity index (χ0n) is 13.6. The molecule has 0 aromatic heterocycles. The van der Waals surface area contributed by atoms with Gasteiger partial charge >= 0.3 is 0 Å². The van der Waals surface area contributed by atoms with E-state index in [1.807, 2.05) is 12.3 Å². The Bertz CT molecular complexity index is 815. The van der Waals surface area contributed by atoms with Gasteiger partial charge in [0.15, 0.2) is 5.78 Å². The van der Waals surface area contributed by atoms with Crippen LogP contribution in [-0.4, -0.2) is 24.1 Å². The number of hydrogen-bond donors (Lipinski definition) is 0. The number of thioether (sulfide) groups is 1. The maximum Gasteiger partial charge on any atom is 0.272 e. The fourth-order valence-corrected chi connectivity index (χ4v) is 2.73. The van der Waals surface area contributed by atoms with Crippen molar-refractivity contribution in [1.82, 2.24) is 0 Å². The third-order valence-electron chi connectivity index (χ3n) is 3.53. The molecule has 0 heterocycles. The van der Waals surface area contributed by atoms with E-state index in [1.165, 1.54) is 23.9 Å². The van der Waals surface area contributed by atoms with E-state index in [1.54, 1.807) is 44.4 Å². The number of nitro groups is 1. The van der Waals surface area contributed by atoms with E-state index < -0.39 is 4.92 Å². The van der Waals surface area contributed by atoms with Crippen molar-refractivity contribution in [3.63, 3.8) is 0 Å². The van der Waals surface area contributed by atoms with Crippen molar-refractivity contribution >= 4 is 29.3 Å². The molecule has 0 fully saturated rings. The van der Waals surface area contributed by atoms with Gasteiger partial charge in [0.1, 0.15) is 5.75 Å². The molecule has 124 valence electrons. The van der Waals surface area contributed by atoms with E-state index in [2.05, 4.69) is 0 Å². The molecule has 0 atom stereocenters. The minimum atomic E-state index is -0.430. The van der Waals surface area contributed by atoms with Crippen molar-refractivity contribution in [1.29, 1.82) is 0 Å². The lowest BCUT2D eigenvalue weighted by Gasteiger charge is -2.07. The molecule has 0 unspecified atom stereocenters. The number of ketones is 1. The molecule has 0 saturated heterocycles. The van der Waals surface area contributed by atoms with Gasteiger partial charge in [0.05, 0.1) is 12.0 Å². The number of carbonyl (C=O) groups is 1. The van der Waals surface area contributed by atoms with E-state index >= 15 is 0 Å². The Morgan fingerprint density at radius 1 is 1.25 bits per heavy atom. The van der Waals surface area contributed by atoms with Gasteiger partial charge in [-0.15, -0.1) is 11.8 Å². The molecule has 2 aromatic carbocycles. The molecule has 0 bridgehead atoms. The highest BCUT2D eigenvalue weighted by molar-refractivity contribution is 7.98. The van der Waals surface area contributed by atoms with Crippen molar-refractivity contribution in [2.24, 2.45) is 0 Å². The highest BCUT2D eigenvalue weighted by Gasteiger charge is 2.11. The molecule has 6 heteroatoms. The van der Waals surface area contributed by atoms with E-state index in [0.717, 1.165) is 4.90 Å². The minimum absolute atomic E-state index is 0.0376. The Kier molecular flexibility index (Phi) is 5.76. The second-order valence-electron chi connectivity index (χ2n) is 5.07. The Hall–Kier alpha value is -2.60. The molecule has 0 saturated carbocycles. The second-order valence-corrected chi connectivity index (χ2v) is 5.92. The highest BCUT2D eigenvalue weighted by Crippen LogP contribution is 2.28. The van der Waals surface area contributed by atoms with Gasteiger partial charge in [-0.25, -0.2) is 0 Å². The van der Waals surface area contributed by atoms with Gasteiger partial charge in [0, 0.05) is 22.1 Å². The van der Waals surface area contributed by atoms with E-state index in [9.17, 15) is 14.9 Å². The third-order valence-corrected chi connectivity index (χ3v) is 4.30. The summed E-state index contributed by atoms with van der Waals surface area (Å²) in [5.41, 5.74) is 1.73. The van der Waals surface area contributed by atoms with Crippen molar-refractivity contribution in [2.45, 2.75) is 11.8 Å². The van der Waals surface area contributed by atoms with Gasteiger partial charge in [0.25, 0.3) is 5.69 Å². The first-order chi connectivity index (χ1) is 11.5. The Labute approximate surface area is 144 Å². The van der Waals surface area contributed by atoms with Crippen LogP contribution in [0.1, 0.15) is 21.5 Å². The van der Waals surface area contributed by atoms with Gasteiger partial charge in [-0.05, 0) is 43.0 Å². The molecular formula is C18H17NO4S. The smallest absolute Gasteiger partial charge is 0.272 e. The lowest BCUT2D eigenvalue weighted by atomic mass is 10.1. The molecule has 0 spiro atoms. The van der Waals surface area contributed by atoms with Gasteiger partial charge in [-0.1, -0.05) is 18.2 Å². The molecule has 0 N–H and O–H groups in total. The third kappa shape index (κ3) is 4.02. The number of carbonyl (C=O) groups excluding carboxylic acids is 1. The topological polar surface area (TPSA) is 69.4 Å². The average molecular weight is 343 g/mol. The summed E-state index contributed by atoms with van der Waals surface area (Å²) >= 11 is 1.54. The predicted molar refractivity (Wildman–Crippen MR) is 96.0 cm³/mol. The molecule has 2 rings (SSSR count). The summed E-state index contributed by atoms with van der Waals surface area (Å²) in [7, 11) is 1.56. The maximum absolute atomic E-state index is 12.3. The molecule has 5 nitrogen and oxygen atoms in total. The number of nitrogens with zero attached hydrogens (tertiary/aromatic N) is 1. The summed E-state index contributed by atoms with van der Waals surface area (Å²) in [4.78, 5) is 23.8. The van der Waals surface area contributed by atoms with E-state index in [-0.39, 0.29) is 11.5 Å². The number of nitro benzene ring substituents is 1. The zero-order valence-corrected chi connectivity index (χ0v) is 14.4. The maximum atomic E-state index is 12.3. The number of hydrogen-bond acceptors (Lipinski definition) is 5. The Morgan fingerprint density at radius 3 is 2.62 bits per heavy atom. The number of methoxy groups -OCH3 is 1. The van der Waals surface area contributed by atoms with Gasteiger partial charge in [0.2, 0.25) is 0 Å². The fraction of sp³-hybridized carbons (Fsp3) is 0.167. The first kappa shape index (κ1) is 17.7. The average Bonchev–Trinajstić information content (AvgIpc) is 2.59. The second kappa shape index (κ2) is 7.79. The van der Waals surface area contributed by atoms with Crippen LogP contribution in [0, 0.1) is 17.0 Å². The summed E-state index contributed by atoms with van der Waals surface area (Å²) in [6.07, 6.45) is 4.91. The van der Waals surface area contributed by atoms with Gasteiger partial charge in [-0.3, -0.25) is 14.9 Å². The van der Waals surface area contributed by atoms with Crippen molar-refractivity contribution < 1.29 is 14.5 Å². The SMILES string of the molecule is COc1cc(C(=O)/C=C/c2ccc(C)c([N+](=O)[O-])c2)ccc1SC. The summed E-state index contributed by atoms with van der Waals surface area (Å²) in [5, 5.41) is 11.0. The van der Waals surface area contributed by atoms with Gasteiger partial charge < -0.3 is 4.74 Å². The highest BCUT2D eigenvalue weighted by atomic mass is 32.2. The minimum Gasteiger partial charge on any atom is -0.496 e. The standard InChI is InChI=1S/C18H17NO4S/c1-12-4-5-13(10-15(12)19(21)22)6-8-16(20)14-7-9-18(24-3)17(11-14)23-2/h4-11H,1-3H3/b8-6+. The molecule has 0 aliphatic heterocycles. The summed E-state index contributed by atoms with van der Waals surface area (Å²) in [6.45, 7) is 1.68. The van der Waals surface area contributed by atoms with E-state index in [0.29, 0.717) is 22.4 Å². The first-order valence-electron chi connectivity index (χ1n) is 7.15. The lowest BCUT2D eigenvalue weighted by molar-refractivity contribution is -0.385. The quantitative estimate of drug-likeness (QED) is 0.253. The van der Waals surface area contributed by atoms with Crippen molar-refractivity contribution in [3.05, 3.63) is 69.3 Å². The van der Waals surface area contributed by atoms with E-state index in [4.69, 9.17) is 4.74 Å². The van der Waals surface area contributed by atoms with Crippen LogP contribution in [0.2, 0.25) is 0 Å². The number of allylic oxidation sites excluding steroid dienone is 1. The van der Waals surface area contributed by atoms with Crippen LogP contribution < -0.4 is 4.74 Å². The van der Waals surface area contributed by atoms with Gasteiger partial charge in [-0.2, -0.15) is 0 Å². The molecule has 0 radical (unpaired) electrons. The lowest BCUT2D eigenvalue weighted by Crippen LogP contribution is -1.96. The van der Waals surface area contributed by atoms with Crippen LogP contribution in [0.5, 0.6) is 5.75 Å². The molecule has 24 heavy (non-hydrogen) atoms. The molecule has 0 aliphatic carbocycles.